The Kier molecular flexibility index (Phi) is 3.52. The number of nitrogens with zero attached hydrogens (tertiary/aromatic N) is 4. The molecule has 2 saturated carbocycles. The van der Waals surface area contributed by atoms with Crippen molar-refractivity contribution in [3.05, 3.63) is 12.7 Å². The third-order valence-electron chi connectivity index (χ3n) is 4.49. The minimum Gasteiger partial charge on any atom is -0.341 e. The van der Waals surface area contributed by atoms with Crippen LogP contribution in [0, 0.1) is 5.92 Å². The van der Waals surface area contributed by atoms with E-state index in [1.807, 2.05) is 0 Å². The van der Waals surface area contributed by atoms with Crippen molar-refractivity contribution in [1.82, 2.24) is 24.8 Å². The molecule has 0 radical (unpaired) electrons. The summed E-state index contributed by atoms with van der Waals surface area (Å²) in [6, 6.07) is 0.861. The predicted octanol–water partition coefficient (Wildman–Crippen LogP) is 2.23. The highest BCUT2D eigenvalue weighted by Gasteiger charge is 2.41. The summed E-state index contributed by atoms with van der Waals surface area (Å²) >= 11 is 1.47. The summed E-state index contributed by atoms with van der Waals surface area (Å²) < 4.78 is 0. The highest BCUT2D eigenvalue weighted by molar-refractivity contribution is 8.00. The highest BCUT2D eigenvalue weighted by Crippen LogP contribution is 2.40. The van der Waals surface area contributed by atoms with Gasteiger partial charge in [-0.2, -0.15) is 0 Å². The Hall–Kier alpha value is -1.63. The van der Waals surface area contributed by atoms with Crippen LogP contribution < -0.4 is 0 Å². The van der Waals surface area contributed by atoms with Crippen LogP contribution in [0.3, 0.4) is 0 Å². The molecule has 0 unspecified atom stereocenters. The van der Waals surface area contributed by atoms with Crippen molar-refractivity contribution < 1.29 is 4.79 Å². The fourth-order valence-corrected chi connectivity index (χ4v) is 3.80. The van der Waals surface area contributed by atoms with Crippen LogP contribution in [0.2, 0.25) is 0 Å². The first kappa shape index (κ1) is 14.0. The van der Waals surface area contributed by atoms with Crippen LogP contribution in [0.4, 0.5) is 0 Å². The molecule has 0 spiro atoms. The number of aromatic amines is 1. The maximum atomic E-state index is 12.7. The first-order valence-corrected chi connectivity index (χ1v) is 8.80. The average Bonchev–Trinajstić information content (AvgIpc) is 3.43. The molecule has 0 bridgehead atoms. The maximum absolute atomic E-state index is 12.7. The average molecular weight is 317 g/mol. The lowest BCUT2D eigenvalue weighted by atomic mass is 10.2. The van der Waals surface area contributed by atoms with Crippen molar-refractivity contribution in [2.45, 2.75) is 49.7 Å². The second-order valence-corrected chi connectivity index (χ2v) is 7.14. The molecule has 2 aliphatic carbocycles. The Bertz CT molecular complexity index is 694. The van der Waals surface area contributed by atoms with Crippen LogP contribution in [0.5, 0.6) is 0 Å². The van der Waals surface area contributed by atoms with E-state index in [0.717, 1.165) is 23.4 Å². The van der Waals surface area contributed by atoms with E-state index in [0.29, 0.717) is 29.4 Å². The minimum absolute atomic E-state index is 0.234. The second-order valence-electron chi connectivity index (χ2n) is 6.18. The normalized spacial score (nSPS) is 19.3. The Balaban J connectivity index is 1.45. The van der Waals surface area contributed by atoms with Gasteiger partial charge in [-0.15, -0.1) is 0 Å². The number of aromatic nitrogens is 4. The molecule has 7 heteroatoms. The molecular formula is C15H19N5OS. The highest BCUT2D eigenvalue weighted by atomic mass is 32.2. The zero-order valence-electron chi connectivity index (χ0n) is 12.5. The largest absolute Gasteiger partial charge is 0.341 e. The topological polar surface area (TPSA) is 74.8 Å². The van der Waals surface area contributed by atoms with Gasteiger partial charge in [0, 0.05) is 12.1 Å². The lowest BCUT2D eigenvalue weighted by molar-refractivity contribution is -0.131. The third kappa shape index (κ3) is 2.69. The number of hydrogen-bond donors (Lipinski definition) is 1. The van der Waals surface area contributed by atoms with Gasteiger partial charge < -0.3 is 9.88 Å². The van der Waals surface area contributed by atoms with Crippen LogP contribution in [0.15, 0.2) is 17.7 Å². The first-order chi connectivity index (χ1) is 10.7. The smallest absolute Gasteiger partial charge is 0.233 e. The van der Waals surface area contributed by atoms with Gasteiger partial charge in [0.15, 0.2) is 5.65 Å². The van der Waals surface area contributed by atoms with Crippen molar-refractivity contribution >= 4 is 28.8 Å². The van der Waals surface area contributed by atoms with E-state index in [1.54, 1.807) is 6.33 Å². The summed E-state index contributed by atoms with van der Waals surface area (Å²) in [4.78, 5) is 30.4. The van der Waals surface area contributed by atoms with E-state index in [-0.39, 0.29) is 5.91 Å². The van der Waals surface area contributed by atoms with E-state index < -0.39 is 0 Å². The molecule has 0 saturated heterocycles. The molecule has 2 aromatic heterocycles. The first-order valence-electron chi connectivity index (χ1n) is 7.82. The van der Waals surface area contributed by atoms with Crippen LogP contribution in [-0.4, -0.2) is 48.6 Å². The van der Waals surface area contributed by atoms with Crippen molar-refractivity contribution in [2.75, 3.05) is 5.75 Å². The molecule has 4 rings (SSSR count). The molecule has 0 aliphatic heterocycles. The lowest BCUT2D eigenvalue weighted by Crippen LogP contribution is -2.42. The standard InChI is InChI=1S/C15H19N5OS/c1-9(10-2-3-10)20(11-4-5-11)12(21)6-22-15-13-14(17-7-16-13)18-8-19-15/h7-11H,2-6H2,1H3,(H,16,17,18,19)/t9-/m1/s1. The number of thioether (sulfide) groups is 1. The van der Waals surface area contributed by atoms with Gasteiger partial charge in [0.2, 0.25) is 5.91 Å². The zero-order valence-corrected chi connectivity index (χ0v) is 13.3. The van der Waals surface area contributed by atoms with Gasteiger partial charge in [0.05, 0.1) is 12.1 Å². The molecule has 22 heavy (non-hydrogen) atoms. The van der Waals surface area contributed by atoms with Crippen LogP contribution in [-0.2, 0) is 4.79 Å². The number of imidazole rings is 1. The molecule has 0 aromatic carbocycles. The van der Waals surface area contributed by atoms with Crippen molar-refractivity contribution in [2.24, 2.45) is 5.92 Å². The van der Waals surface area contributed by atoms with Crippen molar-refractivity contribution in [3.63, 3.8) is 0 Å². The predicted molar refractivity (Wildman–Crippen MR) is 84.5 cm³/mol. The van der Waals surface area contributed by atoms with Gasteiger partial charge >= 0.3 is 0 Å². The summed E-state index contributed by atoms with van der Waals surface area (Å²) in [7, 11) is 0. The maximum Gasteiger partial charge on any atom is 0.233 e. The molecule has 6 nitrogen and oxygen atoms in total. The van der Waals surface area contributed by atoms with Crippen LogP contribution >= 0.6 is 11.8 Å². The molecular weight excluding hydrogens is 298 g/mol. The molecule has 2 heterocycles. The molecule has 1 amide bonds. The monoisotopic (exact) mass is 317 g/mol. The molecule has 1 N–H and O–H groups in total. The van der Waals surface area contributed by atoms with Gasteiger partial charge in [-0.05, 0) is 38.5 Å². The summed E-state index contributed by atoms with van der Waals surface area (Å²) in [6.07, 6.45) is 7.97. The van der Waals surface area contributed by atoms with E-state index in [2.05, 4.69) is 31.8 Å². The number of H-pyrrole nitrogens is 1. The van der Waals surface area contributed by atoms with E-state index >= 15 is 0 Å². The van der Waals surface area contributed by atoms with Gasteiger partial charge in [-0.25, -0.2) is 15.0 Å². The summed E-state index contributed by atoms with van der Waals surface area (Å²) in [6.45, 7) is 2.20. The van der Waals surface area contributed by atoms with Gasteiger partial charge in [0.25, 0.3) is 0 Å². The van der Waals surface area contributed by atoms with Gasteiger partial charge in [-0.1, -0.05) is 11.8 Å². The molecule has 2 aliphatic rings. The van der Waals surface area contributed by atoms with Gasteiger partial charge in [-0.3, -0.25) is 4.79 Å². The quantitative estimate of drug-likeness (QED) is 0.653. The zero-order chi connectivity index (χ0) is 15.1. The molecule has 2 aromatic rings. The lowest BCUT2D eigenvalue weighted by Gasteiger charge is -2.29. The fraction of sp³-hybridized carbons (Fsp3) is 0.600. The number of fused-ring (bicyclic) bond motifs is 1. The molecule has 116 valence electrons. The van der Waals surface area contributed by atoms with Crippen molar-refractivity contribution in [3.8, 4) is 0 Å². The Morgan fingerprint density at radius 1 is 1.36 bits per heavy atom. The number of carbonyl (C=O) groups is 1. The molecule has 2 fully saturated rings. The number of amides is 1. The Labute approximate surface area is 133 Å². The van der Waals surface area contributed by atoms with E-state index in [1.165, 1.54) is 30.9 Å². The van der Waals surface area contributed by atoms with Crippen molar-refractivity contribution in [1.29, 1.82) is 0 Å². The number of nitrogens with one attached hydrogen (secondary N) is 1. The minimum atomic E-state index is 0.234. The Morgan fingerprint density at radius 3 is 2.91 bits per heavy atom. The summed E-state index contributed by atoms with van der Waals surface area (Å²) in [5.41, 5.74) is 1.46. The Morgan fingerprint density at radius 2 is 2.18 bits per heavy atom. The van der Waals surface area contributed by atoms with E-state index in [9.17, 15) is 4.79 Å². The summed E-state index contributed by atoms with van der Waals surface area (Å²) in [5, 5.41) is 0.797. The second kappa shape index (κ2) is 5.53. The van der Waals surface area contributed by atoms with Gasteiger partial charge in [0.1, 0.15) is 16.9 Å². The SMILES string of the molecule is C[C@H](C1CC1)N(C(=O)CSc1ncnc2nc[nH]c12)C1CC1. The number of hydrogen-bond acceptors (Lipinski definition) is 5. The van der Waals surface area contributed by atoms with Crippen LogP contribution in [0.1, 0.15) is 32.6 Å². The third-order valence-corrected chi connectivity index (χ3v) is 5.47. The number of carbonyl (C=O) groups excluding carboxylic acids is 1. The number of rotatable bonds is 6. The fourth-order valence-electron chi connectivity index (χ4n) is 2.98. The summed E-state index contributed by atoms with van der Waals surface area (Å²) in [5.74, 6) is 1.38. The van der Waals surface area contributed by atoms with E-state index in [4.69, 9.17) is 0 Å². The van der Waals surface area contributed by atoms with Crippen LogP contribution in [0.25, 0.3) is 11.2 Å². The molecule has 1 atom stereocenters.